The van der Waals surface area contributed by atoms with E-state index >= 15 is 4.39 Å². The number of nitrogens with zero attached hydrogens (tertiary/aromatic N) is 5. The first-order chi connectivity index (χ1) is 19.4. The van der Waals surface area contributed by atoms with Crippen molar-refractivity contribution in [3.05, 3.63) is 53.7 Å². The number of benzene rings is 1. The van der Waals surface area contributed by atoms with E-state index in [2.05, 4.69) is 20.2 Å². The van der Waals surface area contributed by atoms with E-state index in [9.17, 15) is 22.8 Å². The number of rotatable bonds is 5. The zero-order valence-electron chi connectivity index (χ0n) is 22.8. The Morgan fingerprint density at radius 1 is 1.15 bits per heavy atom. The molecule has 0 radical (unpaired) electrons. The molecule has 1 N–H and O–H groups in total. The summed E-state index contributed by atoms with van der Waals surface area (Å²) in [5, 5.41) is 2.60. The van der Waals surface area contributed by atoms with Gasteiger partial charge in [0.15, 0.2) is 0 Å². The normalized spacial score (nSPS) is 23.9. The molecule has 0 aliphatic carbocycles. The summed E-state index contributed by atoms with van der Waals surface area (Å²) in [6.45, 7) is 5.95. The molecule has 2 aromatic rings. The first kappa shape index (κ1) is 28.5. The number of halogens is 4. The highest BCUT2D eigenvalue weighted by molar-refractivity contribution is 6.11. The largest absolute Gasteiger partial charge is 0.432 e. The molecule has 0 bridgehead atoms. The van der Waals surface area contributed by atoms with Crippen molar-refractivity contribution < 1.29 is 31.6 Å². The summed E-state index contributed by atoms with van der Waals surface area (Å²) in [6, 6.07) is 3.36. The third-order valence-corrected chi connectivity index (χ3v) is 7.81. The third kappa shape index (κ3) is 5.90. The molecule has 218 valence electrons. The van der Waals surface area contributed by atoms with E-state index in [0.717, 1.165) is 0 Å². The fourth-order valence-electron chi connectivity index (χ4n) is 5.41. The smallest absolute Gasteiger partial charge is 0.414 e. The molecular weight excluding hydrogens is 544 g/mol. The van der Waals surface area contributed by atoms with Crippen LogP contribution in [0.25, 0.3) is 5.57 Å². The molecule has 9 nitrogen and oxygen atoms in total. The number of oxazole rings is 1. The molecule has 1 aromatic heterocycles. The first-order valence-electron chi connectivity index (χ1n) is 13.2. The third-order valence-electron chi connectivity index (χ3n) is 7.81. The average molecular weight is 575 g/mol. The monoisotopic (exact) mass is 574 g/mol. The van der Waals surface area contributed by atoms with Crippen LogP contribution in [0, 0.1) is 11.7 Å². The van der Waals surface area contributed by atoms with Gasteiger partial charge in [0, 0.05) is 56.1 Å². The summed E-state index contributed by atoms with van der Waals surface area (Å²) in [7, 11) is 1.99. The lowest BCUT2D eigenvalue weighted by atomic mass is 9.95. The number of anilines is 3. The van der Waals surface area contributed by atoms with Gasteiger partial charge in [-0.1, -0.05) is 6.08 Å². The molecular formula is C28H30F4N6O3. The summed E-state index contributed by atoms with van der Waals surface area (Å²) in [4.78, 5) is 38.4. The van der Waals surface area contributed by atoms with Gasteiger partial charge in [-0.25, -0.2) is 14.4 Å². The second kappa shape index (κ2) is 11.1. The van der Waals surface area contributed by atoms with Gasteiger partial charge < -0.3 is 19.5 Å². The van der Waals surface area contributed by atoms with Crippen LogP contribution in [0.2, 0.25) is 0 Å². The van der Waals surface area contributed by atoms with Gasteiger partial charge in [0.25, 0.3) is 11.9 Å². The van der Waals surface area contributed by atoms with E-state index in [0.29, 0.717) is 55.6 Å². The Labute approximate surface area is 234 Å². The Bertz CT molecular complexity index is 1410. The Morgan fingerprint density at radius 3 is 2.54 bits per heavy atom. The molecule has 3 aliphatic heterocycles. The van der Waals surface area contributed by atoms with Gasteiger partial charge in [-0.15, -0.1) is 0 Å². The van der Waals surface area contributed by atoms with Gasteiger partial charge in [-0.3, -0.25) is 14.5 Å². The molecule has 2 amide bonds. The van der Waals surface area contributed by atoms with Crippen LogP contribution < -0.4 is 15.1 Å². The molecule has 1 unspecified atom stereocenters. The number of alkyl halides is 3. The number of amides is 2. The van der Waals surface area contributed by atoms with Crippen molar-refractivity contribution in [2.75, 3.05) is 48.3 Å². The van der Waals surface area contributed by atoms with Gasteiger partial charge in [0.1, 0.15) is 18.0 Å². The summed E-state index contributed by atoms with van der Waals surface area (Å²) in [5.74, 6) is -4.49. The standard InChI is InChI=1S/C28H30F4N6O3/c1-16-13-38(14-17(2)36(16)3)24-11-22(29)19(18-5-4-7-37(15-18)27-33-6-8-41-27)9-23(24)35-26(40)20-12-34-25(39)10-21(20)28(30,31)32/h5-6,8-12,16-17,20H,4,7,13-15H2,1-3H3,(H,35,40)/t16-,17+,20?. The Morgan fingerprint density at radius 2 is 1.88 bits per heavy atom. The first-order valence-corrected chi connectivity index (χ1v) is 13.2. The highest BCUT2D eigenvalue weighted by Gasteiger charge is 2.43. The molecule has 41 heavy (non-hydrogen) atoms. The molecule has 0 spiro atoms. The average Bonchev–Trinajstić information content (AvgIpc) is 3.47. The van der Waals surface area contributed by atoms with E-state index in [1.54, 1.807) is 0 Å². The fourth-order valence-corrected chi connectivity index (χ4v) is 5.41. The SMILES string of the molecule is C[C@@H]1CN(c2cc(F)c(C3=CCCN(c4ncco4)C3)cc2NC(=O)C2C=NC(=O)C=C2C(F)(F)F)C[C@H](C)N1C. The van der Waals surface area contributed by atoms with Crippen LogP contribution in [0.4, 0.5) is 35.0 Å². The highest BCUT2D eigenvalue weighted by atomic mass is 19.4. The highest BCUT2D eigenvalue weighted by Crippen LogP contribution is 2.38. The number of hydrogen-bond acceptors (Lipinski definition) is 7. The number of aromatic nitrogens is 1. The summed E-state index contributed by atoms with van der Waals surface area (Å²) >= 11 is 0. The van der Waals surface area contributed by atoms with Gasteiger partial charge in [-0.05, 0) is 45.0 Å². The molecule has 4 heterocycles. The van der Waals surface area contributed by atoms with Crippen LogP contribution >= 0.6 is 0 Å². The molecule has 5 rings (SSSR count). The van der Waals surface area contributed by atoms with Gasteiger partial charge in [0.2, 0.25) is 5.91 Å². The second-order valence-electron chi connectivity index (χ2n) is 10.6. The van der Waals surface area contributed by atoms with Crippen LogP contribution in [-0.2, 0) is 9.59 Å². The van der Waals surface area contributed by atoms with Gasteiger partial charge in [-0.2, -0.15) is 13.2 Å². The summed E-state index contributed by atoms with van der Waals surface area (Å²) in [6.07, 6.45) is 1.53. The van der Waals surface area contributed by atoms with Gasteiger partial charge >= 0.3 is 6.18 Å². The Kier molecular flexibility index (Phi) is 7.73. The molecule has 1 saturated heterocycles. The lowest BCUT2D eigenvalue weighted by Gasteiger charge is -2.44. The second-order valence-corrected chi connectivity index (χ2v) is 10.6. The maximum absolute atomic E-state index is 15.8. The minimum Gasteiger partial charge on any atom is -0.432 e. The number of carbonyl (C=O) groups excluding carboxylic acids is 2. The lowest BCUT2D eigenvalue weighted by molar-refractivity contribution is -0.124. The van der Waals surface area contributed by atoms with E-state index in [1.165, 1.54) is 24.6 Å². The quantitative estimate of drug-likeness (QED) is 0.533. The molecule has 1 fully saturated rings. The molecule has 1 aromatic carbocycles. The molecule has 13 heteroatoms. The van der Waals surface area contributed by atoms with Crippen molar-refractivity contribution in [2.24, 2.45) is 10.9 Å². The minimum absolute atomic E-state index is 0.0942. The van der Waals surface area contributed by atoms with Crippen LogP contribution in [0.5, 0.6) is 0 Å². The predicted octanol–water partition coefficient (Wildman–Crippen LogP) is 4.29. The summed E-state index contributed by atoms with van der Waals surface area (Å²) in [5.41, 5.74) is 0.0341. The van der Waals surface area contributed by atoms with Crippen LogP contribution in [0.3, 0.4) is 0 Å². The number of dihydropyridines is 1. The van der Waals surface area contributed by atoms with E-state index in [4.69, 9.17) is 4.42 Å². The van der Waals surface area contributed by atoms with Crippen molar-refractivity contribution in [1.82, 2.24) is 9.88 Å². The maximum Gasteiger partial charge on any atom is 0.414 e. The van der Waals surface area contributed by atoms with Crippen molar-refractivity contribution in [3.63, 3.8) is 0 Å². The van der Waals surface area contributed by atoms with E-state index in [1.807, 2.05) is 36.8 Å². The minimum atomic E-state index is -4.92. The van der Waals surface area contributed by atoms with E-state index in [-0.39, 0.29) is 29.9 Å². The van der Waals surface area contributed by atoms with Crippen molar-refractivity contribution in [1.29, 1.82) is 0 Å². The summed E-state index contributed by atoms with van der Waals surface area (Å²) < 4.78 is 62.4. The number of nitrogens with one attached hydrogen (secondary N) is 1. The number of aliphatic imine (C=N–C) groups is 1. The van der Waals surface area contributed by atoms with Crippen LogP contribution in [-0.4, -0.2) is 79.4 Å². The van der Waals surface area contributed by atoms with Crippen molar-refractivity contribution in [3.8, 4) is 0 Å². The number of piperazine rings is 1. The fraction of sp³-hybridized carbons (Fsp3) is 0.429. The topological polar surface area (TPSA) is 94.3 Å². The predicted molar refractivity (Wildman–Crippen MR) is 146 cm³/mol. The van der Waals surface area contributed by atoms with Crippen LogP contribution in [0.1, 0.15) is 25.8 Å². The number of hydrogen-bond donors (Lipinski definition) is 1. The van der Waals surface area contributed by atoms with E-state index < -0.39 is 35.3 Å². The molecule has 3 aliphatic rings. The zero-order valence-corrected chi connectivity index (χ0v) is 22.8. The Balaban J connectivity index is 1.52. The van der Waals surface area contributed by atoms with Crippen LogP contribution in [0.15, 0.2) is 51.7 Å². The Hall–Kier alpha value is -4.00. The lowest BCUT2D eigenvalue weighted by Crippen LogP contribution is -2.55. The molecule has 3 atom stereocenters. The number of carbonyl (C=O) groups is 2. The van der Waals surface area contributed by atoms with Crippen molar-refractivity contribution >= 4 is 41.0 Å². The number of likely N-dealkylation sites (N-methyl/N-ethyl adjacent to an activating group) is 1. The maximum atomic E-state index is 15.8. The van der Waals surface area contributed by atoms with Crippen molar-refractivity contribution in [2.45, 2.75) is 38.5 Å². The van der Waals surface area contributed by atoms with Gasteiger partial charge in [0.05, 0.1) is 23.1 Å². The molecule has 0 saturated carbocycles. The zero-order chi connectivity index (χ0) is 29.5.